The van der Waals surface area contributed by atoms with E-state index in [1.807, 2.05) is 0 Å². The maximum absolute atomic E-state index is 10.9. The number of carboxylic acids is 1. The summed E-state index contributed by atoms with van der Waals surface area (Å²) in [6.07, 6.45) is 3.81. The van der Waals surface area contributed by atoms with Gasteiger partial charge in [-0.25, -0.2) is 0 Å². The van der Waals surface area contributed by atoms with Crippen molar-refractivity contribution in [3.8, 4) is 0 Å². The van der Waals surface area contributed by atoms with Gasteiger partial charge < -0.3 is 14.7 Å². The molecule has 0 bridgehead atoms. The molecule has 0 spiro atoms. The quantitative estimate of drug-likeness (QED) is 0.703. The van der Waals surface area contributed by atoms with Crippen molar-refractivity contribution in [3.63, 3.8) is 0 Å². The van der Waals surface area contributed by atoms with Gasteiger partial charge in [-0.3, -0.25) is 4.79 Å². The second-order valence-corrected chi connectivity index (χ2v) is 4.64. The Hall–Kier alpha value is -0.610. The average molecular weight is 229 g/mol. The van der Waals surface area contributed by atoms with Gasteiger partial charge in [0, 0.05) is 19.8 Å². The number of aliphatic carboxylic acids is 1. The number of piperidine rings is 1. The highest BCUT2D eigenvalue weighted by molar-refractivity contribution is 5.70. The molecule has 1 aliphatic heterocycles. The lowest BCUT2D eigenvalue weighted by Gasteiger charge is -2.36. The van der Waals surface area contributed by atoms with Crippen LogP contribution in [0.4, 0.5) is 0 Å². The zero-order chi connectivity index (χ0) is 12.0. The number of ether oxygens (including phenoxy) is 1. The minimum Gasteiger partial charge on any atom is -0.481 e. The molecule has 0 radical (unpaired) electrons. The van der Waals surface area contributed by atoms with E-state index in [1.165, 1.54) is 0 Å². The zero-order valence-corrected chi connectivity index (χ0v) is 10.3. The van der Waals surface area contributed by atoms with E-state index in [0.717, 1.165) is 45.4 Å². The Kier molecular flexibility index (Phi) is 5.77. The van der Waals surface area contributed by atoms with Crippen LogP contribution < -0.4 is 0 Å². The van der Waals surface area contributed by atoms with Crippen molar-refractivity contribution in [3.05, 3.63) is 0 Å². The number of carbonyl (C=O) groups is 1. The Labute approximate surface area is 97.6 Å². The van der Waals surface area contributed by atoms with Gasteiger partial charge in [0.25, 0.3) is 0 Å². The lowest BCUT2D eigenvalue weighted by Crippen LogP contribution is -2.43. The van der Waals surface area contributed by atoms with Crippen molar-refractivity contribution in [1.29, 1.82) is 0 Å². The van der Waals surface area contributed by atoms with Gasteiger partial charge in [0.05, 0.1) is 5.92 Å². The maximum atomic E-state index is 10.9. The predicted molar refractivity (Wildman–Crippen MR) is 62.5 cm³/mol. The second-order valence-electron chi connectivity index (χ2n) is 4.64. The molecule has 4 nitrogen and oxygen atoms in total. The van der Waals surface area contributed by atoms with Crippen LogP contribution in [0.15, 0.2) is 0 Å². The van der Waals surface area contributed by atoms with Gasteiger partial charge in [-0.05, 0) is 45.7 Å². The van der Waals surface area contributed by atoms with Gasteiger partial charge in [-0.1, -0.05) is 0 Å². The molecule has 0 aliphatic carbocycles. The summed E-state index contributed by atoms with van der Waals surface area (Å²) in [5, 5.41) is 8.95. The first kappa shape index (κ1) is 13.5. The molecule has 0 saturated carbocycles. The summed E-state index contributed by atoms with van der Waals surface area (Å²) in [4.78, 5) is 13.3. The van der Waals surface area contributed by atoms with Crippen molar-refractivity contribution < 1.29 is 14.6 Å². The van der Waals surface area contributed by atoms with E-state index < -0.39 is 5.97 Å². The van der Waals surface area contributed by atoms with E-state index in [1.54, 1.807) is 7.11 Å². The SMILES string of the molecule is COCCCCN1CCC(C(=O)O)CC1C. The van der Waals surface area contributed by atoms with Crippen LogP contribution in [0.3, 0.4) is 0 Å². The second kappa shape index (κ2) is 6.86. The number of rotatable bonds is 6. The summed E-state index contributed by atoms with van der Waals surface area (Å²) in [6.45, 7) is 4.94. The van der Waals surface area contributed by atoms with Gasteiger partial charge in [-0.15, -0.1) is 0 Å². The van der Waals surface area contributed by atoms with Crippen LogP contribution in [0.2, 0.25) is 0 Å². The van der Waals surface area contributed by atoms with Crippen LogP contribution in [0.1, 0.15) is 32.6 Å². The molecule has 1 fully saturated rings. The molecule has 0 aromatic heterocycles. The molecule has 4 heteroatoms. The van der Waals surface area contributed by atoms with Gasteiger partial charge in [0.15, 0.2) is 0 Å². The molecule has 2 unspecified atom stereocenters. The monoisotopic (exact) mass is 229 g/mol. The molecule has 1 heterocycles. The van der Waals surface area contributed by atoms with Crippen molar-refractivity contribution >= 4 is 5.97 Å². The van der Waals surface area contributed by atoms with Crippen molar-refractivity contribution in [1.82, 2.24) is 4.90 Å². The molecule has 0 aromatic carbocycles. The first-order valence-corrected chi connectivity index (χ1v) is 6.11. The Balaban J connectivity index is 2.22. The smallest absolute Gasteiger partial charge is 0.306 e. The van der Waals surface area contributed by atoms with Crippen LogP contribution in [0.5, 0.6) is 0 Å². The van der Waals surface area contributed by atoms with Gasteiger partial charge in [-0.2, -0.15) is 0 Å². The fourth-order valence-electron chi connectivity index (χ4n) is 2.34. The third kappa shape index (κ3) is 4.10. The number of likely N-dealkylation sites (tertiary alicyclic amines) is 1. The first-order valence-electron chi connectivity index (χ1n) is 6.11. The normalized spacial score (nSPS) is 26.9. The van der Waals surface area contributed by atoms with Crippen LogP contribution in [0, 0.1) is 5.92 Å². The summed E-state index contributed by atoms with van der Waals surface area (Å²) < 4.78 is 5.01. The minimum absolute atomic E-state index is 0.134. The van der Waals surface area contributed by atoms with Crippen molar-refractivity contribution in [2.75, 3.05) is 26.8 Å². The highest BCUT2D eigenvalue weighted by atomic mass is 16.5. The Morgan fingerprint density at radius 1 is 1.50 bits per heavy atom. The number of unbranched alkanes of at least 4 members (excludes halogenated alkanes) is 1. The van der Waals surface area contributed by atoms with E-state index in [0.29, 0.717) is 6.04 Å². The summed E-state index contributed by atoms with van der Waals surface area (Å²) in [5.41, 5.74) is 0. The maximum Gasteiger partial charge on any atom is 0.306 e. The fraction of sp³-hybridized carbons (Fsp3) is 0.917. The first-order chi connectivity index (χ1) is 7.65. The summed E-state index contributed by atoms with van der Waals surface area (Å²) in [5.74, 6) is -0.767. The highest BCUT2D eigenvalue weighted by Gasteiger charge is 2.28. The Morgan fingerprint density at radius 3 is 2.81 bits per heavy atom. The van der Waals surface area contributed by atoms with Crippen molar-refractivity contribution in [2.24, 2.45) is 5.92 Å². The molecule has 1 N–H and O–H groups in total. The van der Waals surface area contributed by atoms with Crippen LogP contribution in [-0.2, 0) is 9.53 Å². The number of methoxy groups -OCH3 is 1. The van der Waals surface area contributed by atoms with Crippen LogP contribution in [-0.4, -0.2) is 48.8 Å². The molecular weight excluding hydrogens is 206 g/mol. The number of hydrogen-bond donors (Lipinski definition) is 1. The Morgan fingerprint density at radius 2 is 2.25 bits per heavy atom. The average Bonchev–Trinajstić information content (AvgIpc) is 2.26. The molecule has 0 aromatic rings. The molecule has 2 atom stereocenters. The van der Waals surface area contributed by atoms with E-state index in [-0.39, 0.29) is 5.92 Å². The number of hydrogen-bond acceptors (Lipinski definition) is 3. The summed E-state index contributed by atoms with van der Waals surface area (Å²) in [6, 6.07) is 0.400. The minimum atomic E-state index is -0.633. The molecule has 1 rings (SSSR count). The fourth-order valence-corrected chi connectivity index (χ4v) is 2.34. The third-order valence-corrected chi connectivity index (χ3v) is 3.41. The van der Waals surface area contributed by atoms with E-state index in [4.69, 9.17) is 9.84 Å². The molecular formula is C12H23NO3. The van der Waals surface area contributed by atoms with E-state index in [9.17, 15) is 4.79 Å². The highest BCUT2D eigenvalue weighted by Crippen LogP contribution is 2.23. The van der Waals surface area contributed by atoms with E-state index >= 15 is 0 Å². The number of nitrogens with zero attached hydrogens (tertiary/aromatic N) is 1. The van der Waals surface area contributed by atoms with E-state index in [2.05, 4.69) is 11.8 Å². The van der Waals surface area contributed by atoms with Gasteiger partial charge >= 0.3 is 5.97 Å². The predicted octanol–water partition coefficient (Wildman–Crippen LogP) is 1.60. The molecule has 16 heavy (non-hydrogen) atoms. The topological polar surface area (TPSA) is 49.8 Å². The summed E-state index contributed by atoms with van der Waals surface area (Å²) >= 11 is 0. The van der Waals surface area contributed by atoms with Crippen LogP contribution in [0.25, 0.3) is 0 Å². The Bertz CT molecular complexity index is 220. The molecule has 94 valence electrons. The standard InChI is InChI=1S/C12H23NO3/c1-10-9-11(12(14)15)5-7-13(10)6-3-4-8-16-2/h10-11H,3-9H2,1-2H3,(H,14,15). The number of carboxylic acid groups (broad SMARTS) is 1. The molecule has 0 amide bonds. The van der Waals surface area contributed by atoms with Gasteiger partial charge in [0.2, 0.25) is 0 Å². The third-order valence-electron chi connectivity index (χ3n) is 3.41. The van der Waals surface area contributed by atoms with Crippen LogP contribution >= 0.6 is 0 Å². The van der Waals surface area contributed by atoms with Crippen molar-refractivity contribution in [2.45, 2.75) is 38.6 Å². The molecule has 1 aliphatic rings. The molecule has 1 saturated heterocycles. The largest absolute Gasteiger partial charge is 0.481 e. The lowest BCUT2D eigenvalue weighted by atomic mass is 9.91. The van der Waals surface area contributed by atoms with Gasteiger partial charge in [0.1, 0.15) is 0 Å². The lowest BCUT2D eigenvalue weighted by molar-refractivity contribution is -0.144. The zero-order valence-electron chi connectivity index (χ0n) is 10.3. The summed E-state index contributed by atoms with van der Waals surface area (Å²) in [7, 11) is 1.72.